The second kappa shape index (κ2) is 14.8. The third kappa shape index (κ3) is 8.43. The van der Waals surface area contributed by atoms with Crippen molar-refractivity contribution < 1.29 is 18.0 Å². The Morgan fingerprint density at radius 2 is 1.39 bits per heavy atom. The summed E-state index contributed by atoms with van der Waals surface area (Å²) in [5.41, 5.74) is 2.49. The Morgan fingerprint density at radius 1 is 0.805 bits per heavy atom. The van der Waals surface area contributed by atoms with Crippen LogP contribution in [0, 0.1) is 0 Å². The smallest absolute Gasteiger partial charge is 0.264 e. The number of hydrogen-bond donors (Lipinski definition) is 1. The third-order valence-electron chi connectivity index (χ3n) is 7.33. The van der Waals surface area contributed by atoms with E-state index < -0.39 is 28.5 Å². The molecule has 41 heavy (non-hydrogen) atoms. The van der Waals surface area contributed by atoms with Crippen molar-refractivity contribution in [3.63, 3.8) is 0 Å². The lowest BCUT2D eigenvalue weighted by Crippen LogP contribution is -2.54. The number of anilines is 1. The minimum absolute atomic E-state index is 0.0444. The Balaban J connectivity index is 2.01. The van der Waals surface area contributed by atoms with Crippen LogP contribution in [0.4, 0.5) is 5.69 Å². The topological polar surface area (TPSA) is 86.8 Å². The van der Waals surface area contributed by atoms with Crippen molar-refractivity contribution >= 4 is 27.5 Å². The van der Waals surface area contributed by atoms with E-state index in [1.807, 2.05) is 63.2 Å². The SMILES string of the molecule is CC[C@@H](C)NC(=O)[C@H](CC)N(CCc1ccccc1)C(=O)CN(c1ccc(C(C)C)cc1)S(=O)(=O)c1ccccc1. The van der Waals surface area contributed by atoms with Gasteiger partial charge in [-0.25, -0.2) is 8.42 Å². The van der Waals surface area contributed by atoms with Crippen molar-refractivity contribution in [1.82, 2.24) is 10.2 Å². The van der Waals surface area contributed by atoms with Gasteiger partial charge in [0.25, 0.3) is 10.0 Å². The van der Waals surface area contributed by atoms with Crippen molar-refractivity contribution in [1.29, 1.82) is 0 Å². The molecule has 3 rings (SSSR count). The van der Waals surface area contributed by atoms with Crippen LogP contribution in [0.15, 0.2) is 89.8 Å². The van der Waals surface area contributed by atoms with E-state index in [0.29, 0.717) is 18.5 Å². The number of nitrogens with zero attached hydrogens (tertiary/aromatic N) is 2. The van der Waals surface area contributed by atoms with E-state index in [-0.39, 0.29) is 29.3 Å². The fourth-order valence-corrected chi connectivity index (χ4v) is 6.05. The molecule has 1 N–H and O–H groups in total. The van der Waals surface area contributed by atoms with Crippen LogP contribution < -0.4 is 9.62 Å². The fraction of sp³-hybridized carbons (Fsp3) is 0.394. The molecular weight excluding hydrogens is 534 g/mol. The van der Waals surface area contributed by atoms with Gasteiger partial charge in [0.15, 0.2) is 0 Å². The summed E-state index contributed by atoms with van der Waals surface area (Å²) in [6.45, 7) is 9.76. The van der Waals surface area contributed by atoms with Gasteiger partial charge in [-0.1, -0.05) is 88.4 Å². The molecule has 0 aromatic heterocycles. The van der Waals surface area contributed by atoms with Crippen molar-refractivity contribution in [2.45, 2.75) is 76.8 Å². The van der Waals surface area contributed by atoms with E-state index in [2.05, 4.69) is 19.2 Å². The van der Waals surface area contributed by atoms with Crippen LogP contribution in [0.5, 0.6) is 0 Å². The summed E-state index contributed by atoms with van der Waals surface area (Å²) in [7, 11) is -4.07. The Bertz CT molecular complexity index is 1360. The normalized spacial score (nSPS) is 12.9. The summed E-state index contributed by atoms with van der Waals surface area (Å²) in [6.07, 6.45) is 1.70. The number of amides is 2. The number of nitrogens with one attached hydrogen (secondary N) is 1. The number of carbonyl (C=O) groups is 2. The maximum absolute atomic E-state index is 14.1. The molecule has 0 saturated carbocycles. The molecule has 7 nitrogen and oxygen atoms in total. The van der Waals surface area contributed by atoms with Gasteiger partial charge in [-0.15, -0.1) is 0 Å². The molecule has 0 aliphatic heterocycles. The van der Waals surface area contributed by atoms with Gasteiger partial charge in [-0.3, -0.25) is 13.9 Å². The van der Waals surface area contributed by atoms with Gasteiger partial charge in [0.05, 0.1) is 10.6 Å². The molecule has 0 fully saturated rings. The first-order valence-corrected chi connectivity index (χ1v) is 15.8. The van der Waals surface area contributed by atoms with Crippen LogP contribution in [-0.4, -0.2) is 50.3 Å². The maximum Gasteiger partial charge on any atom is 0.264 e. The van der Waals surface area contributed by atoms with E-state index >= 15 is 0 Å². The number of hydrogen-bond acceptors (Lipinski definition) is 4. The Labute approximate surface area is 245 Å². The van der Waals surface area contributed by atoms with Crippen LogP contribution in [0.2, 0.25) is 0 Å². The number of carbonyl (C=O) groups excluding carboxylic acids is 2. The lowest BCUT2D eigenvalue weighted by molar-refractivity contribution is -0.139. The molecule has 0 unspecified atom stereocenters. The van der Waals surface area contributed by atoms with Gasteiger partial charge >= 0.3 is 0 Å². The molecule has 0 aliphatic carbocycles. The van der Waals surface area contributed by atoms with Crippen LogP contribution in [0.1, 0.15) is 64.5 Å². The summed E-state index contributed by atoms with van der Waals surface area (Å²) in [4.78, 5) is 29.1. The largest absolute Gasteiger partial charge is 0.352 e. The molecule has 3 aromatic rings. The lowest BCUT2D eigenvalue weighted by atomic mass is 10.0. The van der Waals surface area contributed by atoms with E-state index in [4.69, 9.17) is 0 Å². The van der Waals surface area contributed by atoms with Crippen molar-refractivity contribution in [3.8, 4) is 0 Å². The maximum atomic E-state index is 14.1. The predicted octanol–water partition coefficient (Wildman–Crippen LogP) is 5.77. The molecule has 0 radical (unpaired) electrons. The molecule has 0 bridgehead atoms. The van der Waals surface area contributed by atoms with Crippen LogP contribution in [-0.2, 0) is 26.0 Å². The molecule has 0 saturated heterocycles. The summed E-state index contributed by atoms with van der Waals surface area (Å²) in [6, 6.07) is 24.4. The summed E-state index contributed by atoms with van der Waals surface area (Å²) in [5.74, 6) is -0.394. The Kier molecular flexibility index (Phi) is 11.5. The minimum atomic E-state index is -4.07. The average molecular weight is 578 g/mol. The van der Waals surface area contributed by atoms with Gasteiger partial charge in [-0.2, -0.15) is 0 Å². The summed E-state index contributed by atoms with van der Waals surface area (Å²) < 4.78 is 29.0. The highest BCUT2D eigenvalue weighted by Gasteiger charge is 2.33. The quantitative estimate of drug-likeness (QED) is 0.264. The standard InChI is InChI=1S/C33H43N3O4S/c1-6-26(5)34-33(38)31(7-2)35(23-22-27-14-10-8-11-15-27)32(37)24-36(29-20-18-28(19-21-29)25(3)4)41(39,40)30-16-12-9-13-17-30/h8-21,25-26,31H,6-7,22-24H2,1-5H3,(H,34,38)/t26-,31+/m1/s1. The zero-order chi connectivity index (χ0) is 30.0. The molecule has 220 valence electrons. The molecule has 2 atom stereocenters. The van der Waals surface area contributed by atoms with Crippen LogP contribution in [0.25, 0.3) is 0 Å². The Morgan fingerprint density at radius 3 is 1.93 bits per heavy atom. The second-order valence-corrected chi connectivity index (χ2v) is 12.5. The van der Waals surface area contributed by atoms with Gasteiger partial charge in [0.1, 0.15) is 12.6 Å². The van der Waals surface area contributed by atoms with Crippen LogP contribution in [0.3, 0.4) is 0 Å². The number of benzene rings is 3. The highest BCUT2D eigenvalue weighted by atomic mass is 32.2. The molecule has 0 heterocycles. The number of rotatable bonds is 14. The average Bonchev–Trinajstić information content (AvgIpc) is 2.98. The zero-order valence-electron chi connectivity index (χ0n) is 24.8. The molecule has 3 aromatic carbocycles. The second-order valence-electron chi connectivity index (χ2n) is 10.6. The van der Waals surface area contributed by atoms with Crippen molar-refractivity contribution in [2.75, 3.05) is 17.4 Å². The van der Waals surface area contributed by atoms with Crippen molar-refractivity contribution in [2.24, 2.45) is 0 Å². The van der Waals surface area contributed by atoms with Crippen LogP contribution >= 0.6 is 0 Å². The molecular formula is C33H43N3O4S. The summed E-state index contributed by atoms with van der Waals surface area (Å²) in [5, 5.41) is 3.01. The van der Waals surface area contributed by atoms with E-state index in [9.17, 15) is 18.0 Å². The lowest BCUT2D eigenvalue weighted by Gasteiger charge is -2.33. The van der Waals surface area contributed by atoms with Gasteiger partial charge in [-0.05, 0) is 67.5 Å². The first-order valence-electron chi connectivity index (χ1n) is 14.4. The molecule has 8 heteroatoms. The number of sulfonamides is 1. The predicted molar refractivity (Wildman–Crippen MR) is 165 cm³/mol. The zero-order valence-corrected chi connectivity index (χ0v) is 25.6. The highest BCUT2D eigenvalue weighted by Crippen LogP contribution is 2.26. The van der Waals surface area contributed by atoms with Gasteiger partial charge in [0, 0.05) is 12.6 Å². The molecule has 2 amide bonds. The molecule has 0 spiro atoms. The minimum Gasteiger partial charge on any atom is -0.352 e. The monoisotopic (exact) mass is 577 g/mol. The van der Waals surface area contributed by atoms with Gasteiger partial charge < -0.3 is 10.2 Å². The third-order valence-corrected chi connectivity index (χ3v) is 9.12. The first kappa shape index (κ1) is 31.9. The summed E-state index contributed by atoms with van der Waals surface area (Å²) >= 11 is 0. The van der Waals surface area contributed by atoms with Gasteiger partial charge in [0.2, 0.25) is 11.8 Å². The van der Waals surface area contributed by atoms with E-state index in [0.717, 1.165) is 21.9 Å². The highest BCUT2D eigenvalue weighted by molar-refractivity contribution is 7.92. The van der Waals surface area contributed by atoms with Crippen molar-refractivity contribution in [3.05, 3.63) is 96.1 Å². The van der Waals surface area contributed by atoms with E-state index in [1.165, 1.54) is 12.1 Å². The van der Waals surface area contributed by atoms with E-state index in [1.54, 1.807) is 35.2 Å². The first-order chi connectivity index (χ1) is 19.6. The fourth-order valence-electron chi connectivity index (χ4n) is 4.61. The Hall–Kier alpha value is -3.65. The molecule has 0 aliphatic rings.